The molecular weight excluding hydrogens is 244 g/mol. The van der Waals surface area contributed by atoms with Crippen molar-refractivity contribution in [1.82, 2.24) is 10.6 Å². The number of thioether (sulfide) groups is 1. The minimum absolute atomic E-state index is 0.248. The van der Waals surface area contributed by atoms with Crippen LogP contribution in [0.25, 0.3) is 0 Å². The summed E-state index contributed by atoms with van der Waals surface area (Å²) in [7, 11) is 0. The van der Waals surface area contributed by atoms with Crippen LogP contribution in [0.3, 0.4) is 0 Å². The molecule has 0 radical (unpaired) electrons. The van der Waals surface area contributed by atoms with E-state index < -0.39 is 0 Å². The SMILES string of the molecule is CC1CCCC(NC(=O)CSC2CCNCC2)C1. The average Bonchev–Trinajstić information content (AvgIpc) is 2.38. The lowest BCUT2D eigenvalue weighted by Crippen LogP contribution is -2.39. The van der Waals surface area contributed by atoms with Gasteiger partial charge in [0.15, 0.2) is 0 Å². The summed E-state index contributed by atoms with van der Waals surface area (Å²) in [5.41, 5.74) is 0. The van der Waals surface area contributed by atoms with Crippen LogP contribution in [0.5, 0.6) is 0 Å². The highest BCUT2D eigenvalue weighted by atomic mass is 32.2. The second-order valence-corrected chi connectivity index (χ2v) is 7.09. The lowest BCUT2D eigenvalue weighted by atomic mass is 9.87. The van der Waals surface area contributed by atoms with Gasteiger partial charge in [0.05, 0.1) is 5.75 Å². The molecule has 2 unspecified atom stereocenters. The first kappa shape index (κ1) is 14.2. The van der Waals surface area contributed by atoms with Gasteiger partial charge in [0, 0.05) is 11.3 Å². The van der Waals surface area contributed by atoms with E-state index >= 15 is 0 Å². The number of hydrogen-bond acceptors (Lipinski definition) is 3. The quantitative estimate of drug-likeness (QED) is 0.822. The third kappa shape index (κ3) is 4.81. The number of rotatable bonds is 4. The van der Waals surface area contributed by atoms with Crippen LogP contribution in [0.1, 0.15) is 45.4 Å². The van der Waals surface area contributed by atoms with E-state index in [1.54, 1.807) is 0 Å². The Balaban J connectivity index is 1.62. The van der Waals surface area contributed by atoms with Gasteiger partial charge < -0.3 is 10.6 Å². The molecule has 2 aliphatic rings. The monoisotopic (exact) mass is 270 g/mol. The van der Waals surface area contributed by atoms with Crippen LogP contribution in [0.2, 0.25) is 0 Å². The number of hydrogen-bond donors (Lipinski definition) is 2. The van der Waals surface area contributed by atoms with Gasteiger partial charge in [-0.1, -0.05) is 19.8 Å². The van der Waals surface area contributed by atoms with Crippen molar-refractivity contribution in [3.05, 3.63) is 0 Å². The van der Waals surface area contributed by atoms with Crippen molar-refractivity contribution in [2.45, 2.75) is 56.7 Å². The average molecular weight is 270 g/mol. The first-order chi connectivity index (χ1) is 8.74. The van der Waals surface area contributed by atoms with Crippen LogP contribution in [-0.4, -0.2) is 36.0 Å². The van der Waals surface area contributed by atoms with Gasteiger partial charge in [-0.2, -0.15) is 0 Å². The Morgan fingerprint density at radius 1 is 1.28 bits per heavy atom. The summed E-state index contributed by atoms with van der Waals surface area (Å²) in [5, 5.41) is 7.26. The van der Waals surface area contributed by atoms with Crippen molar-refractivity contribution in [1.29, 1.82) is 0 Å². The molecule has 2 fully saturated rings. The molecule has 1 amide bonds. The number of carbonyl (C=O) groups is 1. The highest BCUT2D eigenvalue weighted by Gasteiger charge is 2.21. The van der Waals surface area contributed by atoms with Gasteiger partial charge >= 0.3 is 0 Å². The molecule has 0 aromatic heterocycles. The van der Waals surface area contributed by atoms with Gasteiger partial charge in [0.25, 0.3) is 0 Å². The molecule has 2 atom stereocenters. The summed E-state index contributed by atoms with van der Waals surface area (Å²) in [6.45, 7) is 4.51. The normalized spacial score (nSPS) is 30.1. The Morgan fingerprint density at radius 2 is 2.06 bits per heavy atom. The molecule has 4 heteroatoms. The van der Waals surface area contributed by atoms with Gasteiger partial charge in [-0.05, 0) is 44.7 Å². The molecule has 0 aromatic carbocycles. The molecule has 0 spiro atoms. The van der Waals surface area contributed by atoms with Gasteiger partial charge in [-0.3, -0.25) is 4.79 Å². The maximum atomic E-state index is 11.9. The zero-order valence-electron chi connectivity index (χ0n) is 11.4. The predicted molar refractivity (Wildman–Crippen MR) is 77.9 cm³/mol. The van der Waals surface area contributed by atoms with E-state index in [9.17, 15) is 4.79 Å². The first-order valence-corrected chi connectivity index (χ1v) is 8.40. The largest absolute Gasteiger partial charge is 0.353 e. The smallest absolute Gasteiger partial charge is 0.230 e. The van der Waals surface area contributed by atoms with Crippen molar-refractivity contribution in [2.75, 3.05) is 18.8 Å². The van der Waals surface area contributed by atoms with E-state index in [2.05, 4.69) is 17.6 Å². The lowest BCUT2D eigenvalue weighted by molar-refractivity contribution is -0.119. The molecular formula is C14H26N2OS. The highest BCUT2D eigenvalue weighted by Crippen LogP contribution is 2.24. The van der Waals surface area contributed by atoms with Gasteiger partial charge in [0.2, 0.25) is 5.91 Å². The maximum Gasteiger partial charge on any atom is 0.230 e. The van der Waals surface area contributed by atoms with E-state index in [1.165, 1.54) is 38.5 Å². The fraction of sp³-hybridized carbons (Fsp3) is 0.929. The van der Waals surface area contributed by atoms with Crippen molar-refractivity contribution < 1.29 is 4.79 Å². The fourth-order valence-corrected chi connectivity index (χ4v) is 4.03. The molecule has 104 valence electrons. The van der Waals surface area contributed by atoms with E-state index in [-0.39, 0.29) is 5.91 Å². The minimum Gasteiger partial charge on any atom is -0.353 e. The lowest BCUT2D eigenvalue weighted by Gasteiger charge is -2.28. The standard InChI is InChI=1S/C14H26N2OS/c1-11-3-2-4-12(9-11)16-14(17)10-18-13-5-7-15-8-6-13/h11-13,15H,2-10H2,1H3,(H,16,17). The van der Waals surface area contributed by atoms with Gasteiger partial charge in [0.1, 0.15) is 0 Å². The zero-order chi connectivity index (χ0) is 12.8. The molecule has 1 heterocycles. The van der Waals surface area contributed by atoms with Crippen LogP contribution in [0.4, 0.5) is 0 Å². The van der Waals surface area contributed by atoms with Crippen LogP contribution in [0, 0.1) is 5.92 Å². The summed E-state index contributed by atoms with van der Waals surface area (Å²) < 4.78 is 0. The van der Waals surface area contributed by atoms with Crippen LogP contribution in [0.15, 0.2) is 0 Å². The number of nitrogens with one attached hydrogen (secondary N) is 2. The first-order valence-electron chi connectivity index (χ1n) is 7.35. The van der Waals surface area contributed by atoms with Crippen molar-refractivity contribution in [3.8, 4) is 0 Å². The Morgan fingerprint density at radius 3 is 2.78 bits per heavy atom. The second-order valence-electron chi connectivity index (χ2n) is 5.80. The minimum atomic E-state index is 0.248. The molecule has 1 aliphatic carbocycles. The molecule has 2 N–H and O–H groups in total. The van der Waals surface area contributed by atoms with Crippen LogP contribution < -0.4 is 10.6 Å². The van der Waals surface area contributed by atoms with Crippen LogP contribution >= 0.6 is 11.8 Å². The number of amides is 1. The summed E-state index contributed by atoms with van der Waals surface area (Å²) in [6.07, 6.45) is 7.36. The van der Waals surface area contributed by atoms with Crippen LogP contribution in [-0.2, 0) is 4.79 Å². The predicted octanol–water partition coefficient (Wildman–Crippen LogP) is 2.17. The number of piperidine rings is 1. The van der Waals surface area contributed by atoms with Crippen molar-refractivity contribution in [2.24, 2.45) is 5.92 Å². The fourth-order valence-electron chi connectivity index (χ4n) is 2.99. The Labute approximate surface area is 115 Å². The van der Waals surface area contributed by atoms with E-state index in [4.69, 9.17) is 0 Å². The zero-order valence-corrected chi connectivity index (χ0v) is 12.2. The van der Waals surface area contributed by atoms with Crippen molar-refractivity contribution >= 4 is 17.7 Å². The topological polar surface area (TPSA) is 41.1 Å². The summed E-state index contributed by atoms with van der Waals surface area (Å²) in [4.78, 5) is 11.9. The third-order valence-electron chi connectivity index (χ3n) is 4.04. The van der Waals surface area contributed by atoms with E-state index in [0.717, 1.165) is 19.0 Å². The van der Waals surface area contributed by atoms with Crippen molar-refractivity contribution in [3.63, 3.8) is 0 Å². The van der Waals surface area contributed by atoms with Gasteiger partial charge in [-0.25, -0.2) is 0 Å². The van der Waals surface area contributed by atoms with E-state index in [1.807, 2.05) is 11.8 Å². The molecule has 3 nitrogen and oxygen atoms in total. The molecule has 2 rings (SSSR count). The van der Waals surface area contributed by atoms with Gasteiger partial charge in [-0.15, -0.1) is 11.8 Å². The second kappa shape index (κ2) is 7.39. The summed E-state index contributed by atoms with van der Waals surface area (Å²) >= 11 is 1.84. The summed E-state index contributed by atoms with van der Waals surface area (Å²) in [5.74, 6) is 1.67. The highest BCUT2D eigenvalue weighted by molar-refractivity contribution is 8.00. The molecule has 0 bridgehead atoms. The Bertz CT molecular complexity index is 267. The molecule has 18 heavy (non-hydrogen) atoms. The Hall–Kier alpha value is -0.220. The molecule has 1 aliphatic heterocycles. The maximum absolute atomic E-state index is 11.9. The number of carbonyl (C=O) groups excluding carboxylic acids is 1. The van der Waals surface area contributed by atoms with E-state index in [0.29, 0.717) is 17.0 Å². The molecule has 1 saturated heterocycles. The molecule has 1 saturated carbocycles. The third-order valence-corrected chi connectivity index (χ3v) is 5.41. The molecule has 0 aromatic rings. The Kier molecular flexibility index (Phi) is 5.83. The summed E-state index contributed by atoms with van der Waals surface area (Å²) in [6, 6.07) is 0.440.